The summed E-state index contributed by atoms with van der Waals surface area (Å²) in [5.74, 6) is 1.98. The van der Waals surface area contributed by atoms with Crippen molar-refractivity contribution in [2.24, 2.45) is 0 Å². The molecule has 23 heavy (non-hydrogen) atoms. The Morgan fingerprint density at radius 1 is 0.522 bits per heavy atom. The highest BCUT2D eigenvalue weighted by Gasteiger charge is 2.36. The zero-order chi connectivity index (χ0) is 17.1. The molecule has 0 atom stereocenters. The van der Waals surface area contributed by atoms with E-state index in [1.165, 1.54) is 0 Å². The monoisotopic (exact) mass is 291 g/mol. The van der Waals surface area contributed by atoms with E-state index in [0.717, 1.165) is 0 Å². The Kier molecular flexibility index (Phi) is 3.45. The maximum atomic E-state index is 9.35. The van der Waals surface area contributed by atoms with Crippen LogP contribution in [0.3, 0.4) is 0 Å². The fraction of sp³-hybridized carbons (Fsp3) is 0. The minimum absolute atomic E-state index is 0.0531. The third-order valence-electron chi connectivity index (χ3n) is 3.30. The predicted octanol–water partition coefficient (Wildman–Crippen LogP) is 1.62. The van der Waals surface area contributed by atoms with Crippen LogP contribution >= 0.6 is 0 Å². The summed E-state index contributed by atoms with van der Waals surface area (Å²) in [4.78, 5) is 0. The molecule has 0 aliphatic heterocycles. The van der Waals surface area contributed by atoms with Crippen LogP contribution in [0.2, 0.25) is 0 Å². The van der Waals surface area contributed by atoms with Crippen LogP contribution < -0.4 is 0 Å². The number of nitrogens with one attached hydrogen (secondary N) is 1. The molecule has 0 radical (unpaired) electrons. The number of nitriles is 6. The van der Waals surface area contributed by atoms with Crippen LogP contribution in [-0.2, 0) is 0 Å². The maximum Gasteiger partial charge on any atom is 0.102 e. The van der Waals surface area contributed by atoms with Gasteiger partial charge in [0, 0.05) is 11.1 Å². The average Bonchev–Trinajstić information content (AvgIpc) is 2.91. The first-order chi connectivity index (χ1) is 11.1. The molecule has 2 rings (SSSR count). The topological polar surface area (TPSA) is 167 Å². The van der Waals surface area contributed by atoms with Gasteiger partial charge in [-0.3, -0.25) is 5.41 Å². The molecule has 7 nitrogen and oxygen atoms in total. The van der Waals surface area contributed by atoms with E-state index in [2.05, 4.69) is 0 Å². The molecule has 0 saturated carbocycles. The zero-order valence-electron chi connectivity index (χ0n) is 11.2. The normalized spacial score (nSPS) is 11.0. The summed E-state index contributed by atoms with van der Waals surface area (Å²) in [5.41, 5.74) is -1.89. The fourth-order valence-corrected chi connectivity index (χ4v) is 2.42. The third-order valence-corrected chi connectivity index (χ3v) is 3.30. The lowest BCUT2D eigenvalue weighted by molar-refractivity contribution is 1.34. The van der Waals surface area contributed by atoms with E-state index in [0.29, 0.717) is 0 Å². The van der Waals surface area contributed by atoms with Crippen LogP contribution in [0, 0.1) is 73.4 Å². The van der Waals surface area contributed by atoms with Gasteiger partial charge >= 0.3 is 0 Å². The molecule has 1 aromatic rings. The smallest absolute Gasteiger partial charge is 0.102 e. The van der Waals surface area contributed by atoms with Crippen molar-refractivity contribution < 1.29 is 0 Å². The molecule has 0 aromatic heterocycles. The van der Waals surface area contributed by atoms with E-state index in [4.69, 9.17) is 5.41 Å². The fourth-order valence-electron chi connectivity index (χ4n) is 2.42. The second-order valence-corrected chi connectivity index (χ2v) is 4.17. The van der Waals surface area contributed by atoms with Gasteiger partial charge in [0.2, 0.25) is 0 Å². The lowest BCUT2D eigenvalue weighted by Gasteiger charge is -2.09. The number of nitrogens with zero attached hydrogens (tertiary/aromatic N) is 6. The highest BCUT2D eigenvalue weighted by molar-refractivity contribution is 6.16. The first-order valence-corrected chi connectivity index (χ1v) is 5.84. The zero-order valence-corrected chi connectivity index (χ0v) is 11.2. The van der Waals surface area contributed by atoms with Crippen molar-refractivity contribution in [3.05, 3.63) is 39.0 Å². The maximum absolute atomic E-state index is 9.35. The Labute approximate surface area is 130 Å². The number of hydrogen-bond donors (Lipinski definition) is 1. The van der Waals surface area contributed by atoms with Crippen molar-refractivity contribution >= 4 is 17.0 Å². The van der Waals surface area contributed by atoms with E-state index in [1.807, 2.05) is 5.87 Å². The van der Waals surface area contributed by atoms with Crippen molar-refractivity contribution in [1.82, 2.24) is 0 Å². The first kappa shape index (κ1) is 14.8. The van der Waals surface area contributed by atoms with Gasteiger partial charge in [-0.05, 0) is 5.87 Å². The Balaban J connectivity index is 3.30. The SMILES string of the molecule is N#CC1=C(C#N)c2c(C#N)c(C#N)c(C#N)c(C#N)c2C1=C=N. The number of allylic oxidation sites excluding steroid dienone is 3. The van der Waals surface area contributed by atoms with Gasteiger partial charge in [-0.15, -0.1) is 0 Å². The van der Waals surface area contributed by atoms with Gasteiger partial charge in [0.25, 0.3) is 0 Å². The number of fused-ring (bicyclic) bond motifs is 1. The van der Waals surface area contributed by atoms with Gasteiger partial charge in [0.15, 0.2) is 0 Å². The molecule has 0 amide bonds. The summed E-state index contributed by atoms with van der Waals surface area (Å²) in [6.07, 6.45) is 0. The molecule has 7 heteroatoms. The molecule has 100 valence electrons. The molecule has 0 unspecified atom stereocenters. The Hall–Kier alpha value is -4.65. The molecule has 0 spiro atoms. The Morgan fingerprint density at radius 2 is 0.957 bits per heavy atom. The van der Waals surface area contributed by atoms with E-state index >= 15 is 0 Å². The van der Waals surface area contributed by atoms with Gasteiger partial charge in [-0.2, -0.15) is 31.6 Å². The minimum atomic E-state index is -0.332. The van der Waals surface area contributed by atoms with Gasteiger partial charge in [-0.25, -0.2) is 0 Å². The van der Waals surface area contributed by atoms with Crippen LogP contribution in [-0.4, -0.2) is 5.87 Å². The van der Waals surface area contributed by atoms with Gasteiger partial charge in [0.1, 0.15) is 36.4 Å². The number of benzene rings is 1. The highest BCUT2D eigenvalue weighted by atomic mass is 14.4. The second kappa shape index (κ2) is 5.38. The summed E-state index contributed by atoms with van der Waals surface area (Å²) < 4.78 is 0. The lowest BCUT2D eigenvalue weighted by atomic mass is 9.87. The molecule has 0 bridgehead atoms. The summed E-state index contributed by atoms with van der Waals surface area (Å²) in [6, 6.07) is 10.4. The quantitative estimate of drug-likeness (QED) is 0.712. The van der Waals surface area contributed by atoms with Gasteiger partial charge < -0.3 is 0 Å². The molecule has 0 saturated heterocycles. The second-order valence-electron chi connectivity index (χ2n) is 4.17. The summed E-state index contributed by atoms with van der Waals surface area (Å²) in [6.45, 7) is 0. The summed E-state index contributed by atoms with van der Waals surface area (Å²) in [7, 11) is 0. The van der Waals surface area contributed by atoms with Crippen molar-refractivity contribution in [3.8, 4) is 36.4 Å². The van der Waals surface area contributed by atoms with E-state index in [9.17, 15) is 31.6 Å². The van der Waals surface area contributed by atoms with Crippen LogP contribution in [0.1, 0.15) is 33.4 Å². The molecule has 1 aliphatic carbocycles. The Morgan fingerprint density at radius 3 is 1.30 bits per heavy atom. The van der Waals surface area contributed by atoms with Crippen molar-refractivity contribution in [1.29, 1.82) is 37.0 Å². The van der Waals surface area contributed by atoms with Gasteiger partial charge in [-0.1, -0.05) is 0 Å². The molecule has 1 aromatic carbocycles. The highest BCUT2D eigenvalue weighted by Crippen LogP contribution is 2.45. The van der Waals surface area contributed by atoms with E-state index in [-0.39, 0.29) is 50.1 Å². The minimum Gasteiger partial charge on any atom is -0.258 e. The predicted molar refractivity (Wildman–Crippen MR) is 74.6 cm³/mol. The van der Waals surface area contributed by atoms with Gasteiger partial charge in [0.05, 0.1) is 39.0 Å². The largest absolute Gasteiger partial charge is 0.258 e. The van der Waals surface area contributed by atoms with Crippen LogP contribution in [0.25, 0.3) is 11.1 Å². The molecule has 1 N–H and O–H groups in total. The molecule has 0 heterocycles. The number of rotatable bonds is 0. The van der Waals surface area contributed by atoms with Crippen LogP contribution in [0.15, 0.2) is 5.57 Å². The van der Waals surface area contributed by atoms with E-state index < -0.39 is 0 Å². The first-order valence-electron chi connectivity index (χ1n) is 5.84. The summed E-state index contributed by atoms with van der Waals surface area (Å²) in [5, 5.41) is 63.0. The average molecular weight is 291 g/mol. The lowest BCUT2D eigenvalue weighted by Crippen LogP contribution is -2.03. The van der Waals surface area contributed by atoms with Crippen molar-refractivity contribution in [3.63, 3.8) is 0 Å². The third kappa shape index (κ3) is 1.68. The van der Waals surface area contributed by atoms with Crippen LogP contribution in [0.4, 0.5) is 0 Å². The Bertz CT molecular complexity index is 1120. The summed E-state index contributed by atoms with van der Waals surface area (Å²) >= 11 is 0. The van der Waals surface area contributed by atoms with Crippen molar-refractivity contribution in [2.45, 2.75) is 0 Å². The van der Waals surface area contributed by atoms with Crippen LogP contribution in [0.5, 0.6) is 0 Å². The molecule has 1 aliphatic rings. The van der Waals surface area contributed by atoms with E-state index in [1.54, 1.807) is 36.4 Å². The number of hydrogen-bond acceptors (Lipinski definition) is 7. The molecular formula is C16HN7. The molecule has 0 fully saturated rings. The standard InChI is InChI=1S/C16HN7/c17-1-8-9(2-18)12(5-21)16-14(7-23)10(3-19)13(6-22)15(16)11(8)4-20/h22H. The molecular weight excluding hydrogens is 290 g/mol. The van der Waals surface area contributed by atoms with Crippen molar-refractivity contribution in [2.75, 3.05) is 0 Å².